The quantitative estimate of drug-likeness (QED) is 0.622. The summed E-state index contributed by atoms with van der Waals surface area (Å²) in [5.74, 6) is 0.329. The SMILES string of the molecule is COC12CCCC1(CCl)CCO2. The van der Waals surface area contributed by atoms with Crippen molar-refractivity contribution in [3.05, 3.63) is 0 Å². The van der Waals surface area contributed by atoms with Gasteiger partial charge in [0.2, 0.25) is 0 Å². The summed E-state index contributed by atoms with van der Waals surface area (Å²) >= 11 is 6.01. The number of halogens is 1. The van der Waals surface area contributed by atoms with E-state index in [1.165, 1.54) is 6.42 Å². The third-order valence-corrected chi connectivity index (χ3v) is 3.98. The fourth-order valence-corrected chi connectivity index (χ4v) is 3.15. The first-order chi connectivity index (χ1) is 5.79. The topological polar surface area (TPSA) is 18.5 Å². The third kappa shape index (κ3) is 0.889. The summed E-state index contributed by atoms with van der Waals surface area (Å²) in [5, 5.41) is 0. The molecule has 0 aromatic carbocycles. The van der Waals surface area contributed by atoms with Gasteiger partial charge in [0.05, 0.1) is 6.61 Å². The standard InChI is InChI=1S/C9H15ClO2/c1-11-9-4-2-3-8(9,7-10)5-6-12-9/h2-7H2,1H3. The van der Waals surface area contributed by atoms with Crippen molar-refractivity contribution in [2.24, 2.45) is 5.41 Å². The van der Waals surface area contributed by atoms with Gasteiger partial charge in [-0.05, 0) is 19.3 Å². The molecule has 3 heteroatoms. The molecule has 2 fully saturated rings. The van der Waals surface area contributed by atoms with Crippen molar-refractivity contribution < 1.29 is 9.47 Å². The maximum atomic E-state index is 6.01. The maximum Gasteiger partial charge on any atom is 0.174 e. The van der Waals surface area contributed by atoms with E-state index in [0.29, 0.717) is 5.88 Å². The van der Waals surface area contributed by atoms with Gasteiger partial charge >= 0.3 is 0 Å². The van der Waals surface area contributed by atoms with Gasteiger partial charge in [-0.25, -0.2) is 0 Å². The van der Waals surface area contributed by atoms with Crippen molar-refractivity contribution in [3.8, 4) is 0 Å². The molecule has 0 amide bonds. The van der Waals surface area contributed by atoms with Gasteiger partial charge in [0.15, 0.2) is 5.79 Å². The molecule has 1 saturated carbocycles. The van der Waals surface area contributed by atoms with Crippen LogP contribution in [-0.4, -0.2) is 25.4 Å². The lowest BCUT2D eigenvalue weighted by Gasteiger charge is -2.36. The van der Waals surface area contributed by atoms with Gasteiger partial charge in [0.1, 0.15) is 0 Å². The molecular weight excluding hydrogens is 176 g/mol. The van der Waals surface area contributed by atoms with Crippen LogP contribution in [0.1, 0.15) is 25.7 Å². The van der Waals surface area contributed by atoms with E-state index < -0.39 is 0 Å². The molecule has 2 nitrogen and oxygen atoms in total. The van der Waals surface area contributed by atoms with Crippen molar-refractivity contribution in [2.75, 3.05) is 19.6 Å². The molecule has 1 aliphatic carbocycles. The first-order valence-electron chi connectivity index (χ1n) is 4.54. The van der Waals surface area contributed by atoms with Gasteiger partial charge in [0, 0.05) is 24.8 Å². The zero-order chi connectivity index (χ0) is 8.66. The van der Waals surface area contributed by atoms with Gasteiger partial charge in [-0.2, -0.15) is 0 Å². The Balaban J connectivity index is 2.29. The van der Waals surface area contributed by atoms with Crippen LogP contribution in [0.5, 0.6) is 0 Å². The zero-order valence-corrected chi connectivity index (χ0v) is 8.19. The summed E-state index contributed by atoms with van der Waals surface area (Å²) in [4.78, 5) is 0. The highest BCUT2D eigenvalue weighted by molar-refractivity contribution is 6.18. The van der Waals surface area contributed by atoms with E-state index in [-0.39, 0.29) is 11.2 Å². The smallest absolute Gasteiger partial charge is 0.174 e. The number of fused-ring (bicyclic) bond motifs is 1. The second kappa shape index (κ2) is 2.86. The first kappa shape index (κ1) is 8.79. The number of methoxy groups -OCH3 is 1. The molecule has 1 heterocycles. The largest absolute Gasteiger partial charge is 0.353 e. The first-order valence-corrected chi connectivity index (χ1v) is 5.07. The van der Waals surface area contributed by atoms with Gasteiger partial charge in [-0.1, -0.05) is 0 Å². The average molecular weight is 191 g/mol. The number of hydrogen-bond donors (Lipinski definition) is 0. The highest BCUT2D eigenvalue weighted by Crippen LogP contribution is 2.56. The molecule has 2 rings (SSSR count). The third-order valence-electron chi connectivity index (χ3n) is 3.47. The molecule has 70 valence electrons. The highest BCUT2D eigenvalue weighted by atomic mass is 35.5. The normalized spacial score (nSPS) is 46.5. The molecule has 0 N–H and O–H groups in total. The van der Waals surface area contributed by atoms with Crippen molar-refractivity contribution in [3.63, 3.8) is 0 Å². The van der Waals surface area contributed by atoms with E-state index in [2.05, 4.69) is 0 Å². The van der Waals surface area contributed by atoms with E-state index in [1.54, 1.807) is 7.11 Å². The van der Waals surface area contributed by atoms with Crippen molar-refractivity contribution in [1.29, 1.82) is 0 Å². The van der Waals surface area contributed by atoms with E-state index in [4.69, 9.17) is 21.1 Å². The zero-order valence-electron chi connectivity index (χ0n) is 7.44. The summed E-state index contributed by atoms with van der Waals surface area (Å²) < 4.78 is 11.2. The van der Waals surface area contributed by atoms with Crippen molar-refractivity contribution in [1.82, 2.24) is 0 Å². The Hall–Kier alpha value is 0.210. The molecule has 2 aliphatic rings. The Morgan fingerprint density at radius 3 is 2.83 bits per heavy atom. The molecule has 0 bridgehead atoms. The molecule has 0 radical (unpaired) electrons. The summed E-state index contributed by atoms with van der Waals surface area (Å²) in [6.07, 6.45) is 4.41. The number of rotatable bonds is 2. The summed E-state index contributed by atoms with van der Waals surface area (Å²) in [7, 11) is 1.73. The lowest BCUT2D eigenvalue weighted by atomic mass is 9.82. The van der Waals surface area contributed by atoms with Crippen molar-refractivity contribution >= 4 is 11.6 Å². The lowest BCUT2D eigenvalue weighted by Crippen LogP contribution is -2.43. The van der Waals surface area contributed by atoms with Crippen LogP contribution in [0, 0.1) is 5.41 Å². The molecule has 1 aliphatic heterocycles. The summed E-state index contributed by atoms with van der Waals surface area (Å²) in [6.45, 7) is 0.806. The second-order valence-electron chi connectivity index (χ2n) is 3.82. The minimum atomic E-state index is -0.339. The van der Waals surface area contributed by atoms with Crippen LogP contribution in [0.15, 0.2) is 0 Å². The van der Waals surface area contributed by atoms with Gasteiger partial charge in [0.25, 0.3) is 0 Å². The van der Waals surface area contributed by atoms with Crippen LogP contribution >= 0.6 is 11.6 Å². The van der Waals surface area contributed by atoms with Crippen LogP contribution < -0.4 is 0 Å². The van der Waals surface area contributed by atoms with Gasteiger partial charge in [-0.3, -0.25) is 0 Å². The van der Waals surface area contributed by atoms with Crippen LogP contribution in [0.3, 0.4) is 0 Å². The van der Waals surface area contributed by atoms with Gasteiger partial charge in [-0.15, -0.1) is 11.6 Å². The minimum Gasteiger partial charge on any atom is -0.353 e. The average Bonchev–Trinajstić information content (AvgIpc) is 2.58. The van der Waals surface area contributed by atoms with Crippen LogP contribution in [0.2, 0.25) is 0 Å². The fraction of sp³-hybridized carbons (Fsp3) is 1.00. The van der Waals surface area contributed by atoms with E-state index >= 15 is 0 Å². The minimum absolute atomic E-state index is 0.114. The summed E-state index contributed by atoms with van der Waals surface area (Å²) in [5.41, 5.74) is 0.114. The Morgan fingerprint density at radius 1 is 1.42 bits per heavy atom. The molecule has 1 saturated heterocycles. The van der Waals surface area contributed by atoms with Crippen molar-refractivity contribution in [2.45, 2.75) is 31.5 Å². The van der Waals surface area contributed by atoms with Crippen LogP contribution in [-0.2, 0) is 9.47 Å². The molecular formula is C9H15ClO2. The molecule has 12 heavy (non-hydrogen) atoms. The monoisotopic (exact) mass is 190 g/mol. The van der Waals surface area contributed by atoms with Crippen LogP contribution in [0.25, 0.3) is 0 Å². The highest BCUT2D eigenvalue weighted by Gasteiger charge is 2.59. The van der Waals surface area contributed by atoms with Crippen LogP contribution in [0.4, 0.5) is 0 Å². The molecule has 2 atom stereocenters. The lowest BCUT2D eigenvalue weighted by molar-refractivity contribution is -0.226. The molecule has 0 spiro atoms. The Morgan fingerprint density at radius 2 is 2.25 bits per heavy atom. The molecule has 0 aromatic rings. The van der Waals surface area contributed by atoms with E-state index in [9.17, 15) is 0 Å². The summed E-state index contributed by atoms with van der Waals surface area (Å²) in [6, 6.07) is 0. The predicted octanol–water partition coefficient (Wildman–Crippen LogP) is 2.16. The predicted molar refractivity (Wildman–Crippen MR) is 47.3 cm³/mol. The Labute approximate surface area is 78.2 Å². The Kier molecular flexibility index (Phi) is 2.10. The number of alkyl halides is 1. The molecule has 0 aromatic heterocycles. The van der Waals surface area contributed by atoms with E-state index in [0.717, 1.165) is 25.9 Å². The fourth-order valence-electron chi connectivity index (χ4n) is 2.68. The number of hydrogen-bond acceptors (Lipinski definition) is 2. The number of ether oxygens (including phenoxy) is 2. The Bertz CT molecular complexity index is 153. The van der Waals surface area contributed by atoms with E-state index in [1.807, 2.05) is 0 Å². The second-order valence-corrected chi connectivity index (χ2v) is 4.09. The maximum absolute atomic E-state index is 6.01. The van der Waals surface area contributed by atoms with Gasteiger partial charge < -0.3 is 9.47 Å². The molecule has 2 unspecified atom stereocenters.